The number of nitrogens with zero attached hydrogens (tertiary/aromatic N) is 2. The monoisotopic (exact) mass is 516 g/mol. The van der Waals surface area contributed by atoms with Crippen LogP contribution in [0.25, 0.3) is 0 Å². The Hall–Kier alpha value is -3.85. The molecule has 1 aliphatic carbocycles. The highest BCUT2D eigenvalue weighted by molar-refractivity contribution is 7.99. The normalized spacial score (nSPS) is 18.8. The second kappa shape index (κ2) is 11.5. The number of amides is 3. The molecule has 3 amide bonds. The Labute approximate surface area is 219 Å². The molecule has 8 nitrogen and oxygen atoms in total. The van der Waals surface area contributed by atoms with Gasteiger partial charge in [-0.05, 0) is 53.8 Å². The van der Waals surface area contributed by atoms with Crippen molar-refractivity contribution in [3.63, 3.8) is 0 Å². The molecule has 2 aromatic carbocycles. The van der Waals surface area contributed by atoms with E-state index < -0.39 is 12.1 Å². The summed E-state index contributed by atoms with van der Waals surface area (Å²) < 4.78 is 5.62. The van der Waals surface area contributed by atoms with Crippen LogP contribution in [0.2, 0.25) is 0 Å². The maximum Gasteiger partial charge on any atom is 0.412 e. The molecule has 190 valence electrons. The SMILES string of the molecule is O=C(NCc1ccc(NC(=O)C2CSC(c3ccncc3)N2C(=O)OCc2ccccc2)cc1)C1CC1. The van der Waals surface area contributed by atoms with Crippen molar-refractivity contribution in [3.05, 3.63) is 95.8 Å². The maximum atomic E-state index is 13.3. The summed E-state index contributed by atoms with van der Waals surface area (Å²) in [5.74, 6) is 0.417. The molecule has 37 heavy (non-hydrogen) atoms. The van der Waals surface area contributed by atoms with Gasteiger partial charge in [0.15, 0.2) is 0 Å². The van der Waals surface area contributed by atoms with Crippen molar-refractivity contribution in [2.45, 2.75) is 37.4 Å². The number of nitrogens with one attached hydrogen (secondary N) is 2. The first-order valence-electron chi connectivity index (χ1n) is 12.3. The van der Waals surface area contributed by atoms with Gasteiger partial charge in [-0.15, -0.1) is 11.8 Å². The van der Waals surface area contributed by atoms with Gasteiger partial charge in [0.25, 0.3) is 0 Å². The molecule has 3 aromatic rings. The number of benzene rings is 2. The molecule has 1 aliphatic heterocycles. The summed E-state index contributed by atoms with van der Waals surface area (Å²) in [6.45, 7) is 0.578. The molecule has 2 fully saturated rings. The molecule has 1 saturated carbocycles. The number of thioether (sulfide) groups is 1. The quantitative estimate of drug-likeness (QED) is 0.457. The summed E-state index contributed by atoms with van der Waals surface area (Å²) in [5, 5.41) is 5.51. The van der Waals surface area contributed by atoms with Crippen molar-refractivity contribution in [2.75, 3.05) is 11.1 Å². The zero-order valence-electron chi connectivity index (χ0n) is 20.2. The van der Waals surface area contributed by atoms with Gasteiger partial charge in [-0.2, -0.15) is 0 Å². The lowest BCUT2D eigenvalue weighted by atomic mass is 10.1. The number of rotatable bonds is 8. The van der Waals surface area contributed by atoms with Gasteiger partial charge >= 0.3 is 6.09 Å². The minimum absolute atomic E-state index is 0.0964. The molecule has 1 aromatic heterocycles. The lowest BCUT2D eigenvalue weighted by Gasteiger charge is -2.28. The van der Waals surface area contributed by atoms with Crippen LogP contribution in [0.5, 0.6) is 0 Å². The molecule has 1 saturated heterocycles. The molecular weight excluding hydrogens is 488 g/mol. The van der Waals surface area contributed by atoms with Crippen molar-refractivity contribution in [1.29, 1.82) is 0 Å². The largest absolute Gasteiger partial charge is 0.444 e. The molecule has 5 rings (SSSR count). The van der Waals surface area contributed by atoms with Crippen molar-refractivity contribution in [2.24, 2.45) is 5.92 Å². The van der Waals surface area contributed by atoms with E-state index in [4.69, 9.17) is 4.74 Å². The van der Waals surface area contributed by atoms with Crippen LogP contribution in [0.15, 0.2) is 79.1 Å². The Kier molecular flexibility index (Phi) is 7.70. The number of carbonyl (C=O) groups is 3. The van der Waals surface area contributed by atoms with Crippen LogP contribution in [0, 0.1) is 5.92 Å². The molecule has 2 atom stereocenters. The summed E-state index contributed by atoms with van der Waals surface area (Å²) in [5.41, 5.74) is 3.33. The molecule has 0 radical (unpaired) electrons. The fourth-order valence-corrected chi connectivity index (χ4v) is 5.54. The zero-order chi connectivity index (χ0) is 25.6. The summed E-state index contributed by atoms with van der Waals surface area (Å²) in [6, 6.07) is 19.8. The van der Waals surface area contributed by atoms with E-state index in [2.05, 4.69) is 15.6 Å². The van der Waals surface area contributed by atoms with Crippen LogP contribution in [-0.4, -0.2) is 39.6 Å². The highest BCUT2D eigenvalue weighted by Gasteiger charge is 2.43. The van der Waals surface area contributed by atoms with Crippen molar-refractivity contribution in [3.8, 4) is 0 Å². The first kappa shape index (κ1) is 24.8. The maximum absolute atomic E-state index is 13.3. The molecule has 2 heterocycles. The van der Waals surface area contributed by atoms with Crippen molar-refractivity contribution >= 4 is 35.4 Å². The van der Waals surface area contributed by atoms with Gasteiger partial charge in [0.05, 0.1) is 0 Å². The van der Waals surface area contributed by atoms with Gasteiger partial charge in [0.1, 0.15) is 18.0 Å². The molecule has 2 aliphatic rings. The van der Waals surface area contributed by atoms with E-state index in [0.717, 1.165) is 29.5 Å². The van der Waals surface area contributed by atoms with E-state index in [0.29, 0.717) is 18.0 Å². The summed E-state index contributed by atoms with van der Waals surface area (Å²) in [6.07, 6.45) is 4.73. The van der Waals surface area contributed by atoms with Crippen LogP contribution < -0.4 is 10.6 Å². The first-order chi connectivity index (χ1) is 18.1. The van der Waals surface area contributed by atoms with Crippen molar-refractivity contribution in [1.82, 2.24) is 15.2 Å². The molecule has 2 unspecified atom stereocenters. The second-order valence-electron chi connectivity index (χ2n) is 9.11. The number of hydrogen-bond acceptors (Lipinski definition) is 6. The average molecular weight is 517 g/mol. The number of aromatic nitrogens is 1. The van der Waals surface area contributed by atoms with E-state index in [-0.39, 0.29) is 29.7 Å². The molecule has 2 N–H and O–H groups in total. The highest BCUT2D eigenvalue weighted by Crippen LogP contribution is 2.42. The summed E-state index contributed by atoms with van der Waals surface area (Å²) in [7, 11) is 0. The Morgan fingerprint density at radius 3 is 2.35 bits per heavy atom. The first-order valence-corrected chi connectivity index (χ1v) is 13.3. The number of ether oxygens (including phenoxy) is 1. The van der Waals surface area contributed by atoms with Crippen LogP contribution >= 0.6 is 11.8 Å². The van der Waals surface area contributed by atoms with Crippen LogP contribution in [0.1, 0.15) is 34.9 Å². The lowest BCUT2D eigenvalue weighted by molar-refractivity contribution is -0.122. The lowest BCUT2D eigenvalue weighted by Crippen LogP contribution is -2.45. The van der Waals surface area contributed by atoms with E-state index in [9.17, 15) is 14.4 Å². The van der Waals surface area contributed by atoms with Crippen LogP contribution in [-0.2, 0) is 27.5 Å². The van der Waals surface area contributed by atoms with Crippen LogP contribution in [0.4, 0.5) is 10.5 Å². The van der Waals surface area contributed by atoms with Gasteiger partial charge in [0.2, 0.25) is 11.8 Å². The zero-order valence-corrected chi connectivity index (χ0v) is 21.0. The third-order valence-corrected chi connectivity index (χ3v) is 7.67. The number of pyridine rings is 1. The molecule has 9 heteroatoms. The van der Waals surface area contributed by atoms with Gasteiger partial charge in [-0.1, -0.05) is 42.5 Å². The summed E-state index contributed by atoms with van der Waals surface area (Å²) >= 11 is 1.52. The fraction of sp³-hybridized carbons (Fsp3) is 0.286. The summed E-state index contributed by atoms with van der Waals surface area (Å²) in [4.78, 5) is 44.0. The minimum Gasteiger partial charge on any atom is -0.444 e. The van der Waals surface area contributed by atoms with Gasteiger partial charge in [0, 0.05) is 36.3 Å². The minimum atomic E-state index is -0.705. The van der Waals surface area contributed by atoms with Gasteiger partial charge in [-0.3, -0.25) is 19.5 Å². The molecule has 0 spiro atoms. The Balaban J connectivity index is 1.25. The highest BCUT2D eigenvalue weighted by atomic mass is 32.2. The van der Waals surface area contributed by atoms with Crippen LogP contribution in [0.3, 0.4) is 0 Å². The standard InChI is InChI=1S/C28H28N4O4S/c33-25(21-8-9-21)30-16-19-6-10-23(11-7-19)31-26(34)24-18-37-27(22-12-14-29-15-13-22)32(24)28(35)36-17-20-4-2-1-3-5-20/h1-7,10-15,21,24,27H,8-9,16-18H2,(H,30,33)(H,31,34). The topological polar surface area (TPSA) is 101 Å². The third kappa shape index (κ3) is 6.29. The smallest absolute Gasteiger partial charge is 0.412 e. The number of anilines is 1. The Morgan fingerprint density at radius 1 is 0.919 bits per heavy atom. The van der Waals surface area contributed by atoms with Crippen molar-refractivity contribution < 1.29 is 19.1 Å². The van der Waals surface area contributed by atoms with E-state index in [1.807, 2.05) is 54.6 Å². The predicted octanol–water partition coefficient (Wildman–Crippen LogP) is 4.50. The molecular formula is C28H28N4O4S. The predicted molar refractivity (Wildman–Crippen MR) is 141 cm³/mol. The second-order valence-corrected chi connectivity index (χ2v) is 10.2. The average Bonchev–Trinajstić information content (AvgIpc) is 3.70. The van der Waals surface area contributed by atoms with E-state index in [1.54, 1.807) is 24.5 Å². The Morgan fingerprint density at radius 2 is 1.65 bits per heavy atom. The van der Waals surface area contributed by atoms with E-state index >= 15 is 0 Å². The number of carbonyl (C=O) groups excluding carboxylic acids is 3. The Bertz CT molecular complexity index is 1240. The third-order valence-electron chi connectivity index (χ3n) is 6.35. The van der Waals surface area contributed by atoms with Gasteiger partial charge < -0.3 is 15.4 Å². The van der Waals surface area contributed by atoms with Gasteiger partial charge in [-0.25, -0.2) is 4.79 Å². The fourth-order valence-electron chi connectivity index (χ4n) is 4.12. The van der Waals surface area contributed by atoms with E-state index in [1.165, 1.54) is 16.7 Å². The molecule has 0 bridgehead atoms. The number of hydrogen-bond donors (Lipinski definition) is 2.